The maximum atomic E-state index is 11.8. The highest BCUT2D eigenvalue weighted by atomic mass is 16.4. The van der Waals surface area contributed by atoms with Crippen LogP contribution in [0.1, 0.15) is 57.8 Å². The second-order valence-electron chi connectivity index (χ2n) is 4.83. The molecule has 2 N–H and O–H groups in total. The van der Waals surface area contributed by atoms with E-state index >= 15 is 0 Å². The Morgan fingerprint density at radius 1 is 1.06 bits per heavy atom. The molecule has 0 heterocycles. The fraction of sp³-hybridized carbons (Fsp3) is 0.846. The maximum absolute atomic E-state index is 11.8. The summed E-state index contributed by atoms with van der Waals surface area (Å²) in [5.41, 5.74) is 0. The van der Waals surface area contributed by atoms with Gasteiger partial charge in [-0.15, -0.1) is 0 Å². The van der Waals surface area contributed by atoms with Crippen LogP contribution in [-0.2, 0) is 9.59 Å². The predicted molar refractivity (Wildman–Crippen MR) is 65.7 cm³/mol. The molecule has 0 aromatic carbocycles. The van der Waals surface area contributed by atoms with Crippen molar-refractivity contribution in [3.05, 3.63) is 0 Å². The van der Waals surface area contributed by atoms with Crippen LogP contribution in [0.15, 0.2) is 0 Å². The van der Waals surface area contributed by atoms with Crippen molar-refractivity contribution in [2.45, 2.75) is 57.8 Å². The lowest BCUT2D eigenvalue weighted by Gasteiger charge is -2.13. The molecule has 0 aromatic rings. The SMILES string of the molecule is O=C(O)CCCCNC(=O)C1CCCCCC1. The highest BCUT2D eigenvalue weighted by molar-refractivity contribution is 5.78. The molecule has 0 aromatic heterocycles. The number of carbonyl (C=O) groups excluding carboxylic acids is 1. The van der Waals surface area contributed by atoms with Crippen LogP contribution in [0.3, 0.4) is 0 Å². The zero-order valence-corrected chi connectivity index (χ0v) is 10.4. The first kappa shape index (κ1) is 14.0. The van der Waals surface area contributed by atoms with Crippen LogP contribution in [0.5, 0.6) is 0 Å². The number of nitrogens with one attached hydrogen (secondary N) is 1. The van der Waals surface area contributed by atoms with Gasteiger partial charge in [0, 0.05) is 18.9 Å². The van der Waals surface area contributed by atoms with E-state index < -0.39 is 5.97 Å². The molecule has 1 aliphatic rings. The number of hydrogen-bond acceptors (Lipinski definition) is 2. The average Bonchev–Trinajstić information content (AvgIpc) is 2.56. The van der Waals surface area contributed by atoms with E-state index in [4.69, 9.17) is 5.11 Å². The van der Waals surface area contributed by atoms with Gasteiger partial charge in [-0.2, -0.15) is 0 Å². The molecule has 4 nitrogen and oxygen atoms in total. The highest BCUT2D eigenvalue weighted by Gasteiger charge is 2.19. The minimum atomic E-state index is -0.764. The standard InChI is InChI=1S/C13H23NO3/c15-12(16)9-5-6-10-14-13(17)11-7-3-1-2-4-8-11/h11H,1-10H2,(H,14,17)(H,15,16). The van der Waals surface area contributed by atoms with E-state index in [1.807, 2.05) is 0 Å². The van der Waals surface area contributed by atoms with Gasteiger partial charge in [0.25, 0.3) is 0 Å². The first-order valence-corrected chi connectivity index (χ1v) is 6.69. The molecule has 1 saturated carbocycles. The van der Waals surface area contributed by atoms with E-state index in [2.05, 4.69) is 5.32 Å². The summed E-state index contributed by atoms with van der Waals surface area (Å²) in [5, 5.41) is 11.4. The molecule has 17 heavy (non-hydrogen) atoms. The van der Waals surface area contributed by atoms with Gasteiger partial charge in [-0.25, -0.2) is 0 Å². The van der Waals surface area contributed by atoms with Gasteiger partial charge in [0.2, 0.25) is 5.91 Å². The first-order chi connectivity index (χ1) is 8.20. The number of carboxylic acids is 1. The van der Waals surface area contributed by atoms with Gasteiger partial charge in [-0.05, 0) is 25.7 Å². The van der Waals surface area contributed by atoms with Crippen molar-refractivity contribution >= 4 is 11.9 Å². The van der Waals surface area contributed by atoms with Crippen LogP contribution in [0.2, 0.25) is 0 Å². The lowest BCUT2D eigenvalue weighted by Crippen LogP contribution is -2.31. The quantitative estimate of drug-likeness (QED) is 0.554. The summed E-state index contributed by atoms with van der Waals surface area (Å²) in [6, 6.07) is 0. The molecule has 0 radical (unpaired) electrons. The second-order valence-corrected chi connectivity index (χ2v) is 4.83. The van der Waals surface area contributed by atoms with Crippen LogP contribution < -0.4 is 5.32 Å². The number of carboxylic acid groups (broad SMARTS) is 1. The van der Waals surface area contributed by atoms with Crippen LogP contribution in [0.25, 0.3) is 0 Å². The average molecular weight is 241 g/mol. The Balaban J connectivity index is 2.09. The van der Waals surface area contributed by atoms with Crippen molar-refractivity contribution in [1.29, 1.82) is 0 Å². The fourth-order valence-electron chi connectivity index (χ4n) is 2.30. The first-order valence-electron chi connectivity index (χ1n) is 6.69. The van der Waals surface area contributed by atoms with Crippen molar-refractivity contribution in [2.24, 2.45) is 5.92 Å². The van der Waals surface area contributed by atoms with E-state index in [1.54, 1.807) is 0 Å². The van der Waals surface area contributed by atoms with Crippen molar-refractivity contribution in [2.75, 3.05) is 6.54 Å². The molecule has 1 rings (SSSR count). The Hall–Kier alpha value is -1.06. The minimum absolute atomic E-state index is 0.169. The molecule has 1 fully saturated rings. The van der Waals surface area contributed by atoms with Crippen molar-refractivity contribution in [3.8, 4) is 0 Å². The fourth-order valence-corrected chi connectivity index (χ4v) is 2.30. The smallest absolute Gasteiger partial charge is 0.303 e. The molecule has 0 bridgehead atoms. The highest BCUT2D eigenvalue weighted by Crippen LogP contribution is 2.22. The Labute approximate surface area is 103 Å². The summed E-state index contributed by atoms with van der Waals surface area (Å²) in [6.07, 6.45) is 8.45. The van der Waals surface area contributed by atoms with E-state index in [9.17, 15) is 9.59 Å². The van der Waals surface area contributed by atoms with Gasteiger partial charge in [0.15, 0.2) is 0 Å². The van der Waals surface area contributed by atoms with E-state index in [0.717, 1.165) is 32.1 Å². The molecule has 0 aliphatic heterocycles. The lowest BCUT2D eigenvalue weighted by molar-refractivity contribution is -0.137. The third kappa shape index (κ3) is 6.29. The molecule has 98 valence electrons. The number of hydrogen-bond donors (Lipinski definition) is 2. The van der Waals surface area contributed by atoms with Gasteiger partial charge in [0.05, 0.1) is 0 Å². The monoisotopic (exact) mass is 241 g/mol. The van der Waals surface area contributed by atoms with Crippen molar-refractivity contribution < 1.29 is 14.7 Å². The molecular formula is C13H23NO3. The zero-order chi connectivity index (χ0) is 12.5. The topological polar surface area (TPSA) is 66.4 Å². The van der Waals surface area contributed by atoms with Gasteiger partial charge in [-0.1, -0.05) is 25.7 Å². The van der Waals surface area contributed by atoms with Crippen LogP contribution >= 0.6 is 0 Å². The molecule has 0 unspecified atom stereocenters. The van der Waals surface area contributed by atoms with Gasteiger partial charge in [-0.3, -0.25) is 9.59 Å². The summed E-state index contributed by atoms with van der Waals surface area (Å²) in [4.78, 5) is 22.1. The second kappa shape index (κ2) is 8.09. The number of rotatable bonds is 6. The normalized spacial score (nSPS) is 17.4. The number of unbranched alkanes of at least 4 members (excludes halogenated alkanes) is 1. The number of carbonyl (C=O) groups is 2. The van der Waals surface area contributed by atoms with Crippen LogP contribution in [0.4, 0.5) is 0 Å². The Morgan fingerprint density at radius 3 is 2.29 bits per heavy atom. The molecule has 1 amide bonds. The van der Waals surface area contributed by atoms with Crippen molar-refractivity contribution in [1.82, 2.24) is 5.32 Å². The molecule has 0 atom stereocenters. The summed E-state index contributed by atoms with van der Waals surface area (Å²) in [7, 11) is 0. The Kier molecular flexibility index (Phi) is 6.67. The molecule has 0 saturated heterocycles. The largest absolute Gasteiger partial charge is 0.481 e. The summed E-state index contributed by atoms with van der Waals surface area (Å²) >= 11 is 0. The molecular weight excluding hydrogens is 218 g/mol. The summed E-state index contributed by atoms with van der Waals surface area (Å²) in [6.45, 7) is 0.614. The lowest BCUT2D eigenvalue weighted by atomic mass is 9.99. The molecule has 1 aliphatic carbocycles. The van der Waals surface area contributed by atoms with E-state index in [1.165, 1.54) is 12.8 Å². The third-order valence-electron chi connectivity index (χ3n) is 3.34. The summed E-state index contributed by atoms with van der Waals surface area (Å²) in [5.74, 6) is -0.403. The summed E-state index contributed by atoms with van der Waals surface area (Å²) < 4.78 is 0. The molecule has 0 spiro atoms. The molecule has 4 heteroatoms. The minimum Gasteiger partial charge on any atom is -0.481 e. The Morgan fingerprint density at radius 2 is 1.71 bits per heavy atom. The van der Waals surface area contributed by atoms with Gasteiger partial charge in [0.1, 0.15) is 0 Å². The number of amides is 1. The van der Waals surface area contributed by atoms with Crippen molar-refractivity contribution in [3.63, 3.8) is 0 Å². The maximum Gasteiger partial charge on any atom is 0.303 e. The van der Waals surface area contributed by atoms with Gasteiger partial charge >= 0.3 is 5.97 Å². The van der Waals surface area contributed by atoms with Gasteiger partial charge < -0.3 is 10.4 Å². The van der Waals surface area contributed by atoms with E-state index in [0.29, 0.717) is 13.0 Å². The van der Waals surface area contributed by atoms with Crippen LogP contribution in [-0.4, -0.2) is 23.5 Å². The number of aliphatic carboxylic acids is 1. The van der Waals surface area contributed by atoms with Crippen LogP contribution in [0, 0.1) is 5.92 Å². The Bertz CT molecular complexity index is 245. The third-order valence-corrected chi connectivity index (χ3v) is 3.34. The predicted octanol–water partition coefficient (Wildman–Crippen LogP) is 2.33. The zero-order valence-electron chi connectivity index (χ0n) is 10.4. The van der Waals surface area contributed by atoms with E-state index in [-0.39, 0.29) is 18.2 Å².